The van der Waals surface area contributed by atoms with Crippen LogP contribution in [-0.2, 0) is 0 Å². The Morgan fingerprint density at radius 1 is 1.10 bits per heavy atom. The van der Waals surface area contributed by atoms with Crippen LogP contribution >= 0.6 is 11.6 Å². The Labute approximate surface area is 132 Å². The molecule has 1 aliphatic rings. The van der Waals surface area contributed by atoms with Crippen LogP contribution in [0, 0.1) is 0 Å². The summed E-state index contributed by atoms with van der Waals surface area (Å²) in [6.45, 7) is 2.23. The van der Waals surface area contributed by atoms with E-state index >= 15 is 0 Å². The van der Waals surface area contributed by atoms with Gasteiger partial charge >= 0.3 is 0 Å². The monoisotopic (exact) mass is 299 g/mol. The summed E-state index contributed by atoms with van der Waals surface area (Å²) < 4.78 is 0. The molecule has 2 heteroatoms. The third-order valence-corrected chi connectivity index (χ3v) is 4.74. The summed E-state index contributed by atoms with van der Waals surface area (Å²) in [6.07, 6.45) is 3.56. The zero-order chi connectivity index (χ0) is 14.7. The maximum atomic E-state index is 6.11. The number of hydrogen-bond acceptors (Lipinski definition) is 1. The molecule has 3 rings (SSSR count). The topological polar surface area (TPSA) is 12.0 Å². The molecule has 1 unspecified atom stereocenters. The van der Waals surface area contributed by atoms with E-state index in [0.717, 1.165) is 17.4 Å². The van der Waals surface area contributed by atoms with Crippen molar-refractivity contribution < 1.29 is 0 Å². The molecule has 0 aliphatic heterocycles. The van der Waals surface area contributed by atoms with Gasteiger partial charge < -0.3 is 5.32 Å². The molecule has 21 heavy (non-hydrogen) atoms. The minimum atomic E-state index is 0.408. The molecule has 1 N–H and O–H groups in total. The molecule has 1 fully saturated rings. The van der Waals surface area contributed by atoms with E-state index < -0.39 is 0 Å². The van der Waals surface area contributed by atoms with Crippen molar-refractivity contribution in [1.29, 1.82) is 0 Å². The highest BCUT2D eigenvalue weighted by Crippen LogP contribution is 2.38. The van der Waals surface area contributed by atoms with Gasteiger partial charge in [0.1, 0.15) is 0 Å². The average Bonchev–Trinajstić information content (AvgIpc) is 2.47. The van der Waals surface area contributed by atoms with Crippen molar-refractivity contribution >= 4 is 11.6 Å². The van der Waals surface area contributed by atoms with Crippen LogP contribution in [0.3, 0.4) is 0 Å². The normalized spacial score (nSPS) is 22.6. The van der Waals surface area contributed by atoms with Crippen LogP contribution in [0.2, 0.25) is 5.02 Å². The van der Waals surface area contributed by atoms with Crippen molar-refractivity contribution in [2.24, 2.45) is 0 Å². The molecule has 0 spiro atoms. The standard InChI is InChI=1S/C19H22ClN/c1-2-19(15-9-6-10-17(20)11-15)21-18-12-16(13-18)14-7-4-3-5-8-14/h3-11,16,18-19,21H,2,12-13H2,1H3. The first kappa shape index (κ1) is 14.6. The molecule has 0 heterocycles. The fourth-order valence-electron chi connectivity index (χ4n) is 3.21. The number of rotatable bonds is 5. The molecule has 1 aliphatic carbocycles. The average molecular weight is 300 g/mol. The van der Waals surface area contributed by atoms with Gasteiger partial charge in [0.15, 0.2) is 0 Å². The maximum Gasteiger partial charge on any atom is 0.0409 e. The SMILES string of the molecule is CCC(NC1CC(c2ccccc2)C1)c1cccc(Cl)c1. The van der Waals surface area contributed by atoms with Crippen LogP contribution in [0.15, 0.2) is 54.6 Å². The first-order valence-corrected chi connectivity index (χ1v) is 8.20. The Balaban J connectivity index is 1.58. The molecule has 0 aromatic heterocycles. The van der Waals surface area contributed by atoms with Gasteiger partial charge in [-0.3, -0.25) is 0 Å². The van der Waals surface area contributed by atoms with E-state index in [9.17, 15) is 0 Å². The van der Waals surface area contributed by atoms with Crippen LogP contribution in [0.5, 0.6) is 0 Å². The predicted molar refractivity (Wildman–Crippen MR) is 89.8 cm³/mol. The van der Waals surface area contributed by atoms with Crippen molar-refractivity contribution in [3.8, 4) is 0 Å². The van der Waals surface area contributed by atoms with Crippen molar-refractivity contribution in [2.45, 2.75) is 44.2 Å². The minimum absolute atomic E-state index is 0.408. The second kappa shape index (κ2) is 6.64. The third kappa shape index (κ3) is 3.48. The highest BCUT2D eigenvalue weighted by molar-refractivity contribution is 6.30. The number of benzene rings is 2. The molecule has 2 aromatic rings. The van der Waals surface area contributed by atoms with E-state index in [1.807, 2.05) is 12.1 Å². The van der Waals surface area contributed by atoms with Gasteiger partial charge in [-0.25, -0.2) is 0 Å². The van der Waals surface area contributed by atoms with E-state index in [1.54, 1.807) is 0 Å². The van der Waals surface area contributed by atoms with Crippen molar-refractivity contribution in [2.75, 3.05) is 0 Å². The lowest BCUT2D eigenvalue weighted by atomic mass is 9.75. The molecule has 0 amide bonds. The first-order valence-electron chi connectivity index (χ1n) is 7.82. The lowest BCUT2D eigenvalue weighted by molar-refractivity contribution is 0.262. The third-order valence-electron chi connectivity index (χ3n) is 4.51. The van der Waals surface area contributed by atoms with Gasteiger partial charge in [0, 0.05) is 17.1 Å². The minimum Gasteiger partial charge on any atom is -0.307 e. The molecular weight excluding hydrogens is 278 g/mol. The van der Waals surface area contributed by atoms with Gasteiger partial charge in [0.2, 0.25) is 0 Å². The Morgan fingerprint density at radius 3 is 2.52 bits per heavy atom. The molecule has 0 bridgehead atoms. The fourth-order valence-corrected chi connectivity index (χ4v) is 3.41. The molecule has 0 radical (unpaired) electrons. The summed E-state index contributed by atoms with van der Waals surface area (Å²) in [5, 5.41) is 4.61. The molecule has 110 valence electrons. The fraction of sp³-hybridized carbons (Fsp3) is 0.368. The van der Waals surface area contributed by atoms with Crippen molar-refractivity contribution in [3.63, 3.8) is 0 Å². The Bertz CT molecular complexity index is 575. The van der Waals surface area contributed by atoms with Gasteiger partial charge in [0.25, 0.3) is 0 Å². The molecule has 1 atom stereocenters. The Morgan fingerprint density at radius 2 is 1.86 bits per heavy atom. The largest absolute Gasteiger partial charge is 0.307 e. The van der Waals surface area contributed by atoms with Crippen LogP contribution < -0.4 is 5.32 Å². The Hall–Kier alpha value is -1.31. The molecule has 1 nitrogen and oxygen atoms in total. The zero-order valence-corrected chi connectivity index (χ0v) is 13.2. The van der Waals surface area contributed by atoms with Gasteiger partial charge in [-0.2, -0.15) is 0 Å². The molecular formula is C19H22ClN. The highest BCUT2D eigenvalue weighted by atomic mass is 35.5. The summed E-state index contributed by atoms with van der Waals surface area (Å²) in [6, 6.07) is 20.1. The first-order chi connectivity index (χ1) is 10.3. The summed E-state index contributed by atoms with van der Waals surface area (Å²) in [5.74, 6) is 0.723. The van der Waals surface area contributed by atoms with Gasteiger partial charge in [0.05, 0.1) is 0 Å². The summed E-state index contributed by atoms with van der Waals surface area (Å²) in [5.41, 5.74) is 2.78. The molecule has 2 aromatic carbocycles. The lowest BCUT2D eigenvalue weighted by Crippen LogP contribution is -2.41. The number of halogens is 1. The quantitative estimate of drug-likeness (QED) is 0.787. The van der Waals surface area contributed by atoms with Crippen molar-refractivity contribution in [3.05, 3.63) is 70.7 Å². The summed E-state index contributed by atoms with van der Waals surface area (Å²) in [7, 11) is 0. The molecule has 0 saturated heterocycles. The smallest absolute Gasteiger partial charge is 0.0409 e. The molecule has 1 saturated carbocycles. The zero-order valence-electron chi connectivity index (χ0n) is 12.4. The van der Waals surface area contributed by atoms with Crippen LogP contribution in [0.1, 0.15) is 49.3 Å². The summed E-state index contributed by atoms with van der Waals surface area (Å²) >= 11 is 6.11. The van der Waals surface area contributed by atoms with Crippen LogP contribution in [0.4, 0.5) is 0 Å². The van der Waals surface area contributed by atoms with Crippen molar-refractivity contribution in [1.82, 2.24) is 5.32 Å². The number of nitrogens with one attached hydrogen (secondary N) is 1. The predicted octanol–water partition coefficient (Wildman–Crippen LogP) is 5.33. The lowest BCUT2D eigenvalue weighted by Gasteiger charge is -2.39. The van der Waals surface area contributed by atoms with E-state index in [0.29, 0.717) is 12.1 Å². The van der Waals surface area contributed by atoms with Crippen LogP contribution in [-0.4, -0.2) is 6.04 Å². The second-order valence-corrected chi connectivity index (χ2v) is 6.39. The Kier molecular flexibility index (Phi) is 4.62. The second-order valence-electron chi connectivity index (χ2n) is 5.96. The van der Waals surface area contributed by atoms with E-state index in [-0.39, 0.29) is 0 Å². The van der Waals surface area contributed by atoms with Gasteiger partial charge in [-0.05, 0) is 48.4 Å². The van der Waals surface area contributed by atoms with Gasteiger partial charge in [-0.1, -0.05) is 61.0 Å². The maximum absolute atomic E-state index is 6.11. The van der Waals surface area contributed by atoms with E-state index in [2.05, 4.69) is 54.7 Å². The van der Waals surface area contributed by atoms with E-state index in [4.69, 9.17) is 11.6 Å². The van der Waals surface area contributed by atoms with E-state index in [1.165, 1.54) is 24.0 Å². The number of hydrogen-bond donors (Lipinski definition) is 1. The summed E-state index contributed by atoms with van der Waals surface area (Å²) in [4.78, 5) is 0. The van der Waals surface area contributed by atoms with Crippen LogP contribution in [0.25, 0.3) is 0 Å². The van der Waals surface area contributed by atoms with Gasteiger partial charge in [-0.15, -0.1) is 0 Å². The highest BCUT2D eigenvalue weighted by Gasteiger charge is 2.31.